The average molecular weight is 526 g/mol. The Balaban J connectivity index is 2.26. The normalized spacial score (nSPS) is 12.9. The van der Waals surface area contributed by atoms with Crippen LogP contribution in [0.4, 0.5) is 39.5 Å². The Kier molecular flexibility index (Phi) is 7.24. The lowest BCUT2D eigenvalue weighted by molar-refractivity contribution is -0.143. The van der Waals surface area contributed by atoms with Crippen LogP contribution in [0.15, 0.2) is 36.4 Å². The number of phenolic OH excluding ortho intramolecular Hbond substituents is 1. The summed E-state index contributed by atoms with van der Waals surface area (Å²) in [5, 5.41) is 16.1. The first kappa shape index (κ1) is 27.2. The van der Waals surface area contributed by atoms with Crippen LogP contribution in [0.2, 0.25) is 0 Å². The molecule has 2 aromatic carbocycles. The summed E-state index contributed by atoms with van der Waals surface area (Å²) in [4.78, 5) is 0. The number of rotatable bonds is 6. The fourth-order valence-corrected chi connectivity index (χ4v) is 3.29. The highest BCUT2D eigenvalue weighted by molar-refractivity contribution is 5.85. The van der Waals surface area contributed by atoms with Gasteiger partial charge in [0.15, 0.2) is 0 Å². The lowest BCUT2D eigenvalue weighted by atomic mass is 9.95. The number of hydrogen-bond acceptors (Lipinski definition) is 3. The molecule has 0 saturated carbocycles. The van der Waals surface area contributed by atoms with E-state index in [4.69, 9.17) is 4.74 Å². The SMILES string of the molecule is CC(C)CCOc1ccc(-c2cc(C(F)(F)F)[nH]n2)c(O)c1-c1cc(C(F)(F)F)cc(C(F)(F)F)c1. The monoisotopic (exact) mass is 526 g/mol. The molecule has 0 fully saturated rings. The Morgan fingerprint density at radius 1 is 0.861 bits per heavy atom. The molecule has 0 bridgehead atoms. The fourth-order valence-electron chi connectivity index (χ4n) is 3.29. The summed E-state index contributed by atoms with van der Waals surface area (Å²) in [6.07, 6.45) is -14.7. The lowest BCUT2D eigenvalue weighted by Gasteiger charge is -2.19. The van der Waals surface area contributed by atoms with Crippen LogP contribution in [0.25, 0.3) is 22.4 Å². The molecule has 3 aromatic rings. The molecule has 0 unspecified atom stereocenters. The molecule has 4 nitrogen and oxygen atoms in total. The summed E-state index contributed by atoms with van der Waals surface area (Å²) in [6, 6.07) is 3.51. The van der Waals surface area contributed by atoms with E-state index in [0.29, 0.717) is 24.6 Å². The number of H-pyrrole nitrogens is 1. The number of aromatic hydroxyl groups is 1. The molecule has 0 saturated heterocycles. The fraction of sp³-hybridized carbons (Fsp3) is 0.348. The van der Waals surface area contributed by atoms with Crippen LogP contribution in [-0.4, -0.2) is 21.9 Å². The number of aromatic amines is 1. The molecule has 0 aliphatic heterocycles. The van der Waals surface area contributed by atoms with Gasteiger partial charge in [0.1, 0.15) is 17.2 Å². The Hall–Kier alpha value is -3.38. The van der Waals surface area contributed by atoms with Crippen molar-refractivity contribution in [3.05, 3.63) is 53.2 Å². The number of benzene rings is 2. The van der Waals surface area contributed by atoms with Gasteiger partial charge in [0.25, 0.3) is 0 Å². The number of halogens is 9. The second-order valence-corrected chi connectivity index (χ2v) is 8.33. The summed E-state index contributed by atoms with van der Waals surface area (Å²) in [5.74, 6) is -1.02. The molecule has 13 heteroatoms. The van der Waals surface area contributed by atoms with Crippen molar-refractivity contribution >= 4 is 0 Å². The van der Waals surface area contributed by atoms with Gasteiger partial charge in [-0.05, 0) is 54.3 Å². The van der Waals surface area contributed by atoms with E-state index in [-0.39, 0.29) is 29.9 Å². The topological polar surface area (TPSA) is 58.1 Å². The molecule has 0 atom stereocenters. The third-order valence-electron chi connectivity index (χ3n) is 5.13. The van der Waals surface area contributed by atoms with Crippen molar-refractivity contribution in [3.63, 3.8) is 0 Å². The van der Waals surface area contributed by atoms with Gasteiger partial charge in [0.05, 0.1) is 29.0 Å². The third-order valence-corrected chi connectivity index (χ3v) is 5.13. The highest BCUT2D eigenvalue weighted by Crippen LogP contribution is 2.47. The molecule has 2 N–H and O–H groups in total. The molecule has 3 rings (SSSR count). The molecular formula is C23H19F9N2O2. The summed E-state index contributed by atoms with van der Waals surface area (Å²) in [5.41, 5.74) is -6.58. The Morgan fingerprint density at radius 3 is 1.92 bits per heavy atom. The molecule has 36 heavy (non-hydrogen) atoms. The minimum absolute atomic E-state index is 0.00910. The molecule has 0 amide bonds. The van der Waals surface area contributed by atoms with Crippen molar-refractivity contribution in [2.75, 3.05) is 6.61 Å². The predicted octanol–water partition coefficient (Wildman–Crippen LogP) is 7.93. The van der Waals surface area contributed by atoms with Crippen LogP contribution in [0.1, 0.15) is 37.1 Å². The van der Waals surface area contributed by atoms with Gasteiger partial charge >= 0.3 is 18.5 Å². The quantitative estimate of drug-likeness (QED) is 0.321. The smallest absolute Gasteiger partial charge is 0.432 e. The number of nitrogens with zero attached hydrogens (tertiary/aromatic N) is 1. The first-order valence-corrected chi connectivity index (χ1v) is 10.4. The lowest BCUT2D eigenvalue weighted by Crippen LogP contribution is -2.11. The highest BCUT2D eigenvalue weighted by Gasteiger charge is 2.38. The van der Waals surface area contributed by atoms with Gasteiger partial charge in [-0.1, -0.05) is 13.8 Å². The van der Waals surface area contributed by atoms with E-state index >= 15 is 0 Å². The standard InChI is InChI=1S/C23H19F9N2O2/c1-11(2)5-6-36-17-4-3-15(16-10-18(34-33-16)23(30,31)32)20(35)19(17)12-7-13(21(24,25)26)9-14(8-12)22(27,28)29/h3-4,7-11,35H,5-6H2,1-2H3,(H,33,34). The van der Waals surface area contributed by atoms with Gasteiger partial charge in [-0.25, -0.2) is 0 Å². The maximum atomic E-state index is 13.4. The Bertz CT molecular complexity index is 1190. The average Bonchev–Trinajstić information content (AvgIpc) is 3.22. The van der Waals surface area contributed by atoms with Crippen LogP contribution < -0.4 is 4.74 Å². The van der Waals surface area contributed by atoms with E-state index < -0.39 is 57.9 Å². The van der Waals surface area contributed by atoms with Crippen molar-refractivity contribution in [2.45, 2.75) is 38.8 Å². The third kappa shape index (κ3) is 6.05. The molecule has 196 valence electrons. The van der Waals surface area contributed by atoms with Crippen molar-refractivity contribution in [1.82, 2.24) is 10.2 Å². The molecule has 0 radical (unpaired) electrons. The van der Waals surface area contributed by atoms with Crippen LogP contribution in [0.3, 0.4) is 0 Å². The zero-order valence-electron chi connectivity index (χ0n) is 18.7. The van der Waals surface area contributed by atoms with Gasteiger partial charge in [-0.15, -0.1) is 0 Å². The molecule has 0 aliphatic carbocycles. The van der Waals surface area contributed by atoms with Gasteiger partial charge in [0, 0.05) is 5.56 Å². The van der Waals surface area contributed by atoms with E-state index in [1.165, 1.54) is 0 Å². The summed E-state index contributed by atoms with van der Waals surface area (Å²) < 4.78 is 125. The second kappa shape index (κ2) is 9.58. The molecule has 1 aromatic heterocycles. The van der Waals surface area contributed by atoms with E-state index in [0.717, 1.165) is 12.1 Å². The molecular weight excluding hydrogens is 507 g/mol. The van der Waals surface area contributed by atoms with Crippen LogP contribution >= 0.6 is 0 Å². The second-order valence-electron chi connectivity index (χ2n) is 8.33. The van der Waals surface area contributed by atoms with Crippen molar-refractivity contribution in [2.24, 2.45) is 5.92 Å². The number of hydrogen-bond donors (Lipinski definition) is 2. The number of aromatic nitrogens is 2. The number of nitrogens with one attached hydrogen (secondary N) is 1. The number of phenols is 1. The van der Waals surface area contributed by atoms with Crippen LogP contribution in [0.5, 0.6) is 11.5 Å². The largest absolute Gasteiger partial charge is 0.506 e. The van der Waals surface area contributed by atoms with Crippen LogP contribution in [-0.2, 0) is 18.5 Å². The summed E-state index contributed by atoms with van der Waals surface area (Å²) >= 11 is 0. The summed E-state index contributed by atoms with van der Waals surface area (Å²) in [6.45, 7) is 3.71. The first-order chi connectivity index (χ1) is 16.5. The highest BCUT2D eigenvalue weighted by atomic mass is 19.4. The van der Waals surface area contributed by atoms with Gasteiger partial charge in [-0.2, -0.15) is 44.6 Å². The minimum Gasteiger partial charge on any atom is -0.506 e. The van der Waals surface area contributed by atoms with Crippen molar-refractivity contribution in [1.29, 1.82) is 0 Å². The molecule has 0 spiro atoms. The van der Waals surface area contributed by atoms with Crippen molar-refractivity contribution in [3.8, 4) is 33.9 Å². The zero-order valence-corrected chi connectivity index (χ0v) is 18.7. The van der Waals surface area contributed by atoms with E-state index in [2.05, 4.69) is 5.10 Å². The van der Waals surface area contributed by atoms with Gasteiger partial charge in [-0.3, -0.25) is 5.10 Å². The molecule has 1 heterocycles. The predicted molar refractivity (Wildman–Crippen MR) is 111 cm³/mol. The molecule has 0 aliphatic rings. The Labute approximate surface area is 198 Å². The summed E-state index contributed by atoms with van der Waals surface area (Å²) in [7, 11) is 0. The van der Waals surface area contributed by atoms with Gasteiger partial charge < -0.3 is 9.84 Å². The van der Waals surface area contributed by atoms with Crippen LogP contribution in [0, 0.1) is 5.92 Å². The Morgan fingerprint density at radius 2 is 1.44 bits per heavy atom. The maximum Gasteiger partial charge on any atom is 0.432 e. The van der Waals surface area contributed by atoms with Crippen molar-refractivity contribution < 1.29 is 49.4 Å². The minimum atomic E-state index is -5.16. The van der Waals surface area contributed by atoms with E-state index in [1.54, 1.807) is 5.10 Å². The number of alkyl halides is 9. The first-order valence-electron chi connectivity index (χ1n) is 10.4. The zero-order chi connectivity index (χ0) is 27.1. The number of ether oxygens (including phenoxy) is 1. The van der Waals surface area contributed by atoms with E-state index in [1.807, 2.05) is 13.8 Å². The van der Waals surface area contributed by atoms with Gasteiger partial charge in [0.2, 0.25) is 0 Å². The maximum absolute atomic E-state index is 13.4. The van der Waals surface area contributed by atoms with E-state index in [9.17, 15) is 44.6 Å².